The number of alkyl halides is 2. The van der Waals surface area contributed by atoms with Crippen LogP contribution in [0.25, 0.3) is 11.1 Å². The Bertz CT molecular complexity index is 675. The van der Waals surface area contributed by atoms with E-state index >= 15 is 0 Å². The van der Waals surface area contributed by atoms with Gasteiger partial charge in [0, 0.05) is 16.1 Å². The zero-order valence-corrected chi connectivity index (χ0v) is 13.7. The van der Waals surface area contributed by atoms with Crippen molar-refractivity contribution < 1.29 is 14.0 Å². The third-order valence-electron chi connectivity index (χ3n) is 2.67. The highest BCUT2D eigenvalue weighted by atomic mass is 35.5. The summed E-state index contributed by atoms with van der Waals surface area (Å²) in [6.07, 6.45) is 1.02. The summed E-state index contributed by atoms with van der Waals surface area (Å²) in [6.45, 7) is 0. The highest BCUT2D eigenvalue weighted by molar-refractivity contribution is 8.02. The van der Waals surface area contributed by atoms with E-state index in [1.807, 2.05) is 0 Å². The maximum atomic E-state index is 14.1. The molecular weight excluding hydrogens is 360 g/mol. The molecule has 0 N–H and O–H groups in total. The number of hydrogen-bond acceptors (Lipinski definition) is 3. The van der Waals surface area contributed by atoms with Crippen LogP contribution in [0.1, 0.15) is 10.4 Å². The number of carbonyl (C=O) groups is 1. The van der Waals surface area contributed by atoms with Crippen molar-refractivity contribution in [1.29, 1.82) is 0 Å². The second-order valence-corrected chi connectivity index (χ2v) is 7.00. The minimum atomic E-state index is -0.902. The molecule has 2 rings (SSSR count). The van der Waals surface area contributed by atoms with E-state index in [0.29, 0.717) is 16.1 Å². The number of hydrogen-bond donors (Lipinski definition) is 0. The maximum Gasteiger partial charge on any atom is 0.340 e. The number of aromatic nitrogens is 1. The highest BCUT2D eigenvalue weighted by Gasteiger charge is 2.26. The van der Waals surface area contributed by atoms with Gasteiger partial charge in [-0.25, -0.2) is 4.79 Å². The SMILES string of the molecule is COC(=O)c1cn(F)c(SC(Cl)Cl)c1-c1ccccc1Cl. The molecule has 3 nitrogen and oxygen atoms in total. The first kappa shape index (κ1) is 16.5. The molecule has 0 aliphatic rings. The van der Waals surface area contributed by atoms with Crippen molar-refractivity contribution in [3.8, 4) is 11.1 Å². The van der Waals surface area contributed by atoms with Crippen molar-refractivity contribution >= 4 is 52.5 Å². The maximum absolute atomic E-state index is 14.1. The lowest BCUT2D eigenvalue weighted by Crippen LogP contribution is -2.01. The van der Waals surface area contributed by atoms with Gasteiger partial charge in [0.15, 0.2) is 4.17 Å². The first-order valence-electron chi connectivity index (χ1n) is 5.65. The predicted molar refractivity (Wildman–Crippen MR) is 84.1 cm³/mol. The molecule has 0 spiro atoms. The predicted octanol–water partition coefficient (Wildman–Crippen LogP) is 5.18. The van der Waals surface area contributed by atoms with Gasteiger partial charge in [-0.05, 0) is 6.07 Å². The summed E-state index contributed by atoms with van der Waals surface area (Å²) in [5.74, 6) is -0.677. The fourth-order valence-electron chi connectivity index (χ4n) is 1.84. The average Bonchev–Trinajstić information content (AvgIpc) is 2.75. The van der Waals surface area contributed by atoms with E-state index in [1.54, 1.807) is 24.3 Å². The Hall–Kier alpha value is -0.880. The lowest BCUT2D eigenvalue weighted by Gasteiger charge is -2.09. The van der Waals surface area contributed by atoms with Gasteiger partial charge in [0.25, 0.3) is 0 Å². The summed E-state index contributed by atoms with van der Waals surface area (Å²) in [7, 11) is 1.22. The number of carbonyl (C=O) groups excluding carboxylic acids is 1. The Kier molecular flexibility index (Phi) is 5.43. The van der Waals surface area contributed by atoms with Gasteiger partial charge in [0.05, 0.1) is 18.9 Å². The number of thioether (sulfide) groups is 1. The van der Waals surface area contributed by atoms with Crippen LogP contribution in [0.5, 0.6) is 0 Å². The van der Waals surface area contributed by atoms with E-state index in [4.69, 9.17) is 34.8 Å². The molecule has 0 saturated carbocycles. The number of esters is 1. The highest BCUT2D eigenvalue weighted by Crippen LogP contribution is 2.42. The van der Waals surface area contributed by atoms with Crippen LogP contribution in [0.15, 0.2) is 35.5 Å². The molecule has 0 radical (unpaired) electrons. The molecular formula is C13H9Cl3FNO2S. The van der Waals surface area contributed by atoms with Gasteiger partial charge in [0.2, 0.25) is 0 Å². The molecule has 1 aromatic heterocycles. The van der Waals surface area contributed by atoms with Crippen molar-refractivity contribution in [1.82, 2.24) is 4.79 Å². The van der Waals surface area contributed by atoms with E-state index in [9.17, 15) is 9.28 Å². The number of benzene rings is 1. The standard InChI is InChI=1S/C13H9Cl3FNO2S/c1-20-12(19)8-6-18(17)11(21-13(15)16)10(8)7-4-2-3-5-9(7)14/h2-6,13H,1H3. The van der Waals surface area contributed by atoms with E-state index < -0.39 is 10.1 Å². The largest absolute Gasteiger partial charge is 0.465 e. The fourth-order valence-corrected chi connectivity index (χ4v) is 3.24. The van der Waals surface area contributed by atoms with Crippen LogP contribution < -0.4 is 0 Å². The molecule has 0 bridgehead atoms. The third-order valence-corrected chi connectivity index (χ3v) is 4.31. The van der Waals surface area contributed by atoms with Gasteiger partial charge in [-0.3, -0.25) is 0 Å². The van der Waals surface area contributed by atoms with Crippen molar-refractivity contribution in [2.75, 3.05) is 7.11 Å². The Morgan fingerprint density at radius 2 is 2.05 bits per heavy atom. The second-order valence-electron chi connectivity index (χ2n) is 3.88. The zero-order chi connectivity index (χ0) is 15.6. The van der Waals surface area contributed by atoms with Gasteiger partial charge in [0.1, 0.15) is 5.03 Å². The van der Waals surface area contributed by atoms with Crippen LogP contribution in [0.2, 0.25) is 5.02 Å². The monoisotopic (exact) mass is 367 g/mol. The van der Waals surface area contributed by atoms with E-state index in [1.165, 1.54) is 7.11 Å². The van der Waals surface area contributed by atoms with Crippen LogP contribution in [-0.2, 0) is 4.74 Å². The first-order valence-corrected chi connectivity index (χ1v) is 7.78. The van der Waals surface area contributed by atoms with Crippen molar-refractivity contribution in [2.24, 2.45) is 0 Å². The molecule has 1 heterocycles. The number of halogens is 4. The number of methoxy groups -OCH3 is 1. The van der Waals surface area contributed by atoms with Crippen LogP contribution in [-0.4, -0.2) is 22.0 Å². The molecule has 0 amide bonds. The number of ether oxygens (including phenoxy) is 1. The lowest BCUT2D eigenvalue weighted by atomic mass is 10.0. The molecule has 2 aromatic rings. The molecule has 0 atom stereocenters. The summed E-state index contributed by atoms with van der Waals surface area (Å²) in [5, 5.41) is 0.454. The Morgan fingerprint density at radius 3 is 2.62 bits per heavy atom. The van der Waals surface area contributed by atoms with Gasteiger partial charge < -0.3 is 4.74 Å². The minimum absolute atomic E-state index is 0.0459. The fraction of sp³-hybridized carbons (Fsp3) is 0.154. The second kappa shape index (κ2) is 6.92. The topological polar surface area (TPSA) is 31.2 Å². The molecule has 0 aliphatic heterocycles. The number of rotatable bonds is 4. The van der Waals surface area contributed by atoms with Crippen molar-refractivity contribution in [3.05, 3.63) is 41.0 Å². The van der Waals surface area contributed by atoms with E-state index in [2.05, 4.69) is 4.74 Å². The summed E-state index contributed by atoms with van der Waals surface area (Å²) in [6, 6.07) is 6.77. The molecule has 1 aromatic carbocycles. The molecule has 21 heavy (non-hydrogen) atoms. The van der Waals surface area contributed by atoms with Crippen molar-refractivity contribution in [2.45, 2.75) is 9.19 Å². The van der Waals surface area contributed by atoms with Crippen LogP contribution in [0.3, 0.4) is 0 Å². The third kappa shape index (κ3) is 3.48. The molecule has 0 unspecified atom stereocenters. The van der Waals surface area contributed by atoms with Crippen LogP contribution >= 0.6 is 46.6 Å². The van der Waals surface area contributed by atoms with E-state index in [0.717, 1.165) is 18.0 Å². The van der Waals surface area contributed by atoms with Gasteiger partial charge in [-0.2, -0.15) is 4.79 Å². The molecule has 112 valence electrons. The lowest BCUT2D eigenvalue weighted by molar-refractivity contribution is 0.0601. The Morgan fingerprint density at radius 1 is 1.38 bits per heavy atom. The van der Waals surface area contributed by atoms with Gasteiger partial charge in [-0.1, -0.05) is 69.2 Å². The first-order chi connectivity index (χ1) is 9.95. The van der Waals surface area contributed by atoms with Crippen LogP contribution in [0.4, 0.5) is 4.48 Å². The smallest absolute Gasteiger partial charge is 0.340 e. The number of nitrogens with zero attached hydrogens (tertiary/aromatic N) is 1. The quantitative estimate of drug-likeness (QED) is 0.423. The molecule has 0 saturated heterocycles. The zero-order valence-electron chi connectivity index (χ0n) is 10.6. The summed E-state index contributed by atoms with van der Waals surface area (Å²) < 4.78 is 17.8. The van der Waals surface area contributed by atoms with Crippen LogP contribution in [0, 0.1) is 0 Å². The Labute approximate surface area is 139 Å². The average molecular weight is 369 g/mol. The van der Waals surface area contributed by atoms with Gasteiger partial charge >= 0.3 is 5.97 Å². The molecule has 0 aliphatic carbocycles. The molecule has 0 fully saturated rings. The van der Waals surface area contributed by atoms with Crippen molar-refractivity contribution in [3.63, 3.8) is 0 Å². The van der Waals surface area contributed by atoms with Gasteiger partial charge in [-0.15, -0.1) is 0 Å². The minimum Gasteiger partial charge on any atom is -0.465 e. The summed E-state index contributed by atoms with van der Waals surface area (Å²) >= 11 is 18.4. The summed E-state index contributed by atoms with van der Waals surface area (Å²) in [4.78, 5) is 12.1. The summed E-state index contributed by atoms with van der Waals surface area (Å²) in [5.41, 5.74) is 0.836. The Balaban J connectivity index is 2.70. The normalized spacial score (nSPS) is 11.0. The van der Waals surface area contributed by atoms with E-state index in [-0.39, 0.29) is 15.4 Å². The molecule has 8 heteroatoms.